The zero-order valence-electron chi connectivity index (χ0n) is 12.1. The molecular formula is C17H29N. The molecule has 0 aliphatic rings. The lowest BCUT2D eigenvalue weighted by Gasteiger charge is -2.16. The summed E-state index contributed by atoms with van der Waals surface area (Å²) in [6.45, 7) is 5.69. The molecule has 0 spiro atoms. The van der Waals surface area contributed by atoms with Gasteiger partial charge in [0.05, 0.1) is 0 Å². The van der Waals surface area contributed by atoms with E-state index in [1.807, 2.05) is 0 Å². The minimum atomic E-state index is 0.738. The summed E-state index contributed by atoms with van der Waals surface area (Å²) in [6.07, 6.45) is 9.13. The van der Waals surface area contributed by atoms with Gasteiger partial charge in [0.15, 0.2) is 0 Å². The number of hydrogen-bond acceptors (Lipinski definition) is 1. The van der Waals surface area contributed by atoms with E-state index < -0.39 is 0 Å². The fraction of sp³-hybridized carbons (Fsp3) is 0.647. The van der Waals surface area contributed by atoms with Crippen molar-refractivity contribution >= 4 is 0 Å². The molecule has 0 aromatic heterocycles. The van der Waals surface area contributed by atoms with Crippen LogP contribution in [0.2, 0.25) is 0 Å². The van der Waals surface area contributed by atoms with Crippen molar-refractivity contribution in [2.24, 2.45) is 0 Å². The Balaban J connectivity index is 2.03. The first-order valence-corrected chi connectivity index (χ1v) is 7.64. The van der Waals surface area contributed by atoms with Crippen LogP contribution in [0.25, 0.3) is 0 Å². The summed E-state index contributed by atoms with van der Waals surface area (Å²) in [5.41, 5.74) is 1.48. The highest BCUT2D eigenvalue weighted by Gasteiger charge is 2.03. The largest absolute Gasteiger partial charge is 0.314 e. The molecule has 0 radical (unpaired) electrons. The highest BCUT2D eigenvalue weighted by atomic mass is 14.9. The Morgan fingerprint density at radius 2 is 1.78 bits per heavy atom. The van der Waals surface area contributed by atoms with Crippen LogP contribution in [0.5, 0.6) is 0 Å². The third-order valence-electron chi connectivity index (χ3n) is 3.54. The van der Waals surface area contributed by atoms with Crippen molar-refractivity contribution in [3.63, 3.8) is 0 Å². The molecule has 0 aliphatic carbocycles. The molecule has 0 aliphatic heterocycles. The van der Waals surface area contributed by atoms with E-state index >= 15 is 0 Å². The SMILES string of the molecule is CCCNC(CC)CCCCCc1ccccc1. The van der Waals surface area contributed by atoms with E-state index in [1.54, 1.807) is 0 Å². The number of benzene rings is 1. The van der Waals surface area contributed by atoms with E-state index in [4.69, 9.17) is 0 Å². The van der Waals surface area contributed by atoms with Crippen molar-refractivity contribution in [2.45, 2.75) is 64.8 Å². The van der Waals surface area contributed by atoms with Crippen molar-refractivity contribution in [3.8, 4) is 0 Å². The maximum absolute atomic E-state index is 3.63. The topological polar surface area (TPSA) is 12.0 Å². The minimum Gasteiger partial charge on any atom is -0.314 e. The van der Waals surface area contributed by atoms with Crippen LogP contribution in [0.3, 0.4) is 0 Å². The van der Waals surface area contributed by atoms with Gasteiger partial charge in [-0.25, -0.2) is 0 Å². The Morgan fingerprint density at radius 1 is 1.00 bits per heavy atom. The number of aryl methyl sites for hydroxylation is 1. The van der Waals surface area contributed by atoms with Crippen molar-refractivity contribution in [1.29, 1.82) is 0 Å². The van der Waals surface area contributed by atoms with Crippen LogP contribution in [0.4, 0.5) is 0 Å². The molecule has 1 N–H and O–H groups in total. The monoisotopic (exact) mass is 247 g/mol. The van der Waals surface area contributed by atoms with Gasteiger partial charge in [0.1, 0.15) is 0 Å². The van der Waals surface area contributed by atoms with Crippen molar-refractivity contribution < 1.29 is 0 Å². The van der Waals surface area contributed by atoms with Gasteiger partial charge in [-0.3, -0.25) is 0 Å². The van der Waals surface area contributed by atoms with Crippen molar-refractivity contribution in [1.82, 2.24) is 5.32 Å². The average molecular weight is 247 g/mol. The zero-order chi connectivity index (χ0) is 13.1. The molecule has 102 valence electrons. The third-order valence-corrected chi connectivity index (χ3v) is 3.54. The normalized spacial score (nSPS) is 12.6. The summed E-state index contributed by atoms with van der Waals surface area (Å²) >= 11 is 0. The number of hydrogen-bond donors (Lipinski definition) is 1. The summed E-state index contributed by atoms with van der Waals surface area (Å²) in [4.78, 5) is 0. The Labute approximate surface area is 113 Å². The summed E-state index contributed by atoms with van der Waals surface area (Å²) in [5.74, 6) is 0. The van der Waals surface area contributed by atoms with E-state index in [-0.39, 0.29) is 0 Å². The highest BCUT2D eigenvalue weighted by molar-refractivity contribution is 5.14. The van der Waals surface area contributed by atoms with E-state index in [0.29, 0.717) is 0 Å². The molecule has 1 rings (SSSR count). The predicted molar refractivity (Wildman–Crippen MR) is 81.0 cm³/mol. The molecule has 0 saturated carbocycles. The first-order chi connectivity index (χ1) is 8.86. The van der Waals surface area contributed by atoms with Crippen LogP contribution in [-0.2, 0) is 6.42 Å². The summed E-state index contributed by atoms with van der Waals surface area (Å²) in [6, 6.07) is 11.6. The van der Waals surface area contributed by atoms with Crippen LogP contribution >= 0.6 is 0 Å². The molecule has 0 fully saturated rings. The quantitative estimate of drug-likeness (QED) is 0.597. The van der Waals surface area contributed by atoms with Crippen LogP contribution in [0.1, 0.15) is 57.9 Å². The van der Waals surface area contributed by atoms with Crippen molar-refractivity contribution in [3.05, 3.63) is 35.9 Å². The Morgan fingerprint density at radius 3 is 2.44 bits per heavy atom. The second-order valence-corrected chi connectivity index (χ2v) is 5.14. The first-order valence-electron chi connectivity index (χ1n) is 7.64. The lowest BCUT2D eigenvalue weighted by molar-refractivity contribution is 0.446. The van der Waals surface area contributed by atoms with Crippen molar-refractivity contribution in [2.75, 3.05) is 6.54 Å². The molecule has 18 heavy (non-hydrogen) atoms. The molecule has 1 unspecified atom stereocenters. The van der Waals surface area contributed by atoms with E-state index in [0.717, 1.165) is 6.04 Å². The number of rotatable bonds is 10. The number of unbranched alkanes of at least 4 members (excludes halogenated alkanes) is 2. The fourth-order valence-corrected chi connectivity index (χ4v) is 2.34. The molecule has 1 nitrogen and oxygen atoms in total. The Kier molecular flexibility index (Phi) is 8.58. The maximum atomic E-state index is 3.63. The van der Waals surface area contributed by atoms with Gasteiger partial charge in [0.2, 0.25) is 0 Å². The summed E-state index contributed by atoms with van der Waals surface area (Å²) in [7, 11) is 0. The standard InChI is InChI=1S/C17H29N/c1-3-15-18-17(4-2)14-10-6-9-13-16-11-7-5-8-12-16/h5,7-8,11-12,17-18H,3-4,6,9-10,13-15H2,1-2H3. The molecule has 1 aromatic rings. The second-order valence-electron chi connectivity index (χ2n) is 5.14. The minimum absolute atomic E-state index is 0.738. The smallest absolute Gasteiger partial charge is 0.00644 e. The van der Waals surface area contributed by atoms with Gasteiger partial charge < -0.3 is 5.32 Å². The maximum Gasteiger partial charge on any atom is 0.00644 e. The van der Waals surface area contributed by atoms with Gasteiger partial charge in [0, 0.05) is 6.04 Å². The molecule has 0 saturated heterocycles. The third kappa shape index (κ3) is 6.80. The van der Waals surface area contributed by atoms with Crippen LogP contribution in [-0.4, -0.2) is 12.6 Å². The molecule has 1 heteroatoms. The van der Waals surface area contributed by atoms with Crippen LogP contribution < -0.4 is 5.32 Å². The molecule has 0 heterocycles. The average Bonchev–Trinajstić information content (AvgIpc) is 2.43. The Bertz CT molecular complexity index is 281. The lowest BCUT2D eigenvalue weighted by Crippen LogP contribution is -2.28. The highest BCUT2D eigenvalue weighted by Crippen LogP contribution is 2.10. The zero-order valence-corrected chi connectivity index (χ0v) is 12.1. The van der Waals surface area contributed by atoms with Crippen LogP contribution in [0, 0.1) is 0 Å². The fourth-order valence-electron chi connectivity index (χ4n) is 2.34. The van der Waals surface area contributed by atoms with Gasteiger partial charge in [-0.05, 0) is 44.2 Å². The predicted octanol–water partition coefficient (Wildman–Crippen LogP) is 4.57. The van der Waals surface area contributed by atoms with E-state index in [1.165, 1.54) is 57.1 Å². The Hall–Kier alpha value is -0.820. The molecule has 1 atom stereocenters. The van der Waals surface area contributed by atoms with Crippen LogP contribution in [0.15, 0.2) is 30.3 Å². The molecule has 0 bridgehead atoms. The van der Waals surface area contributed by atoms with Gasteiger partial charge in [-0.15, -0.1) is 0 Å². The van der Waals surface area contributed by atoms with Gasteiger partial charge in [-0.1, -0.05) is 57.0 Å². The molecule has 1 aromatic carbocycles. The molecular weight excluding hydrogens is 218 g/mol. The van der Waals surface area contributed by atoms with E-state index in [2.05, 4.69) is 49.5 Å². The molecule has 0 amide bonds. The van der Waals surface area contributed by atoms with E-state index in [9.17, 15) is 0 Å². The second kappa shape index (κ2) is 10.1. The van der Waals surface area contributed by atoms with Gasteiger partial charge >= 0.3 is 0 Å². The lowest BCUT2D eigenvalue weighted by atomic mass is 10.0. The summed E-state index contributed by atoms with van der Waals surface area (Å²) < 4.78 is 0. The summed E-state index contributed by atoms with van der Waals surface area (Å²) in [5, 5.41) is 3.63. The van der Waals surface area contributed by atoms with Gasteiger partial charge in [0.25, 0.3) is 0 Å². The number of nitrogens with one attached hydrogen (secondary N) is 1. The van der Waals surface area contributed by atoms with Gasteiger partial charge in [-0.2, -0.15) is 0 Å². The first kappa shape index (κ1) is 15.2.